The van der Waals surface area contributed by atoms with Crippen LogP contribution in [0.15, 0.2) is 29.3 Å². The molecule has 1 saturated heterocycles. The van der Waals surface area contributed by atoms with Gasteiger partial charge in [0, 0.05) is 26.1 Å². The molecule has 8 heteroatoms. The second kappa shape index (κ2) is 11.0. The summed E-state index contributed by atoms with van der Waals surface area (Å²) in [6.07, 6.45) is 2.95. The van der Waals surface area contributed by atoms with Crippen LogP contribution in [0.2, 0.25) is 0 Å². The second-order valence-corrected chi connectivity index (χ2v) is 9.43. The van der Waals surface area contributed by atoms with Crippen molar-refractivity contribution < 1.29 is 19.1 Å². The third-order valence-electron chi connectivity index (χ3n) is 6.91. The lowest BCUT2D eigenvalue weighted by Gasteiger charge is -2.42. The summed E-state index contributed by atoms with van der Waals surface area (Å²) in [6, 6.07) is 8.09. The summed E-state index contributed by atoms with van der Waals surface area (Å²) in [4.78, 5) is 33.5. The molecule has 1 fully saturated rings. The number of fused-ring (bicyclic) bond motifs is 3. The van der Waals surface area contributed by atoms with Gasteiger partial charge in [0.25, 0.3) is 0 Å². The van der Waals surface area contributed by atoms with Gasteiger partial charge >= 0.3 is 6.03 Å². The molecule has 3 amide bonds. The molecular formula is C28H36N4O4. The van der Waals surface area contributed by atoms with Crippen LogP contribution in [-0.4, -0.2) is 61.4 Å². The second-order valence-electron chi connectivity index (χ2n) is 9.43. The smallest absolute Gasteiger partial charge is 0.326 e. The summed E-state index contributed by atoms with van der Waals surface area (Å²) in [7, 11) is 1.64. The van der Waals surface area contributed by atoms with Crippen molar-refractivity contribution in [2.24, 2.45) is 4.99 Å². The fourth-order valence-corrected chi connectivity index (χ4v) is 5.38. The van der Waals surface area contributed by atoms with Gasteiger partial charge in [-0.25, -0.2) is 9.79 Å². The van der Waals surface area contributed by atoms with Crippen molar-refractivity contribution in [1.82, 2.24) is 15.1 Å². The van der Waals surface area contributed by atoms with Crippen LogP contribution < -0.4 is 14.8 Å². The van der Waals surface area contributed by atoms with Crippen molar-refractivity contribution in [3.05, 3.63) is 52.1 Å². The van der Waals surface area contributed by atoms with Gasteiger partial charge in [0.05, 0.1) is 25.4 Å². The molecule has 0 aromatic heterocycles. The van der Waals surface area contributed by atoms with Crippen LogP contribution >= 0.6 is 0 Å². The molecule has 0 radical (unpaired) electrons. The SMILES string of the molecule is CCOc1cc2c(cc1OC)C1CC(=Nc3c(C)cc(C)cc3C)N(CCNC=O)C(=O)N1CCC2. The van der Waals surface area contributed by atoms with E-state index in [0.717, 1.165) is 41.0 Å². The number of nitrogens with one attached hydrogen (secondary N) is 1. The zero-order valence-corrected chi connectivity index (χ0v) is 21.9. The van der Waals surface area contributed by atoms with Gasteiger partial charge in [-0.3, -0.25) is 9.69 Å². The number of benzene rings is 2. The van der Waals surface area contributed by atoms with Crippen LogP contribution in [-0.2, 0) is 11.2 Å². The number of aryl methyl sites for hydroxylation is 4. The van der Waals surface area contributed by atoms with Crippen LogP contribution in [0, 0.1) is 20.8 Å². The van der Waals surface area contributed by atoms with Crippen molar-refractivity contribution in [1.29, 1.82) is 0 Å². The van der Waals surface area contributed by atoms with E-state index in [9.17, 15) is 9.59 Å². The third kappa shape index (κ3) is 5.03. The van der Waals surface area contributed by atoms with Crippen molar-refractivity contribution >= 4 is 24.0 Å². The molecule has 4 rings (SSSR count). The first kappa shape index (κ1) is 25.5. The van der Waals surface area contributed by atoms with E-state index in [4.69, 9.17) is 14.5 Å². The minimum Gasteiger partial charge on any atom is -0.493 e. The number of aliphatic imine (C=N–C) groups is 1. The molecule has 1 atom stereocenters. The number of rotatable bonds is 8. The number of urea groups is 1. The van der Waals surface area contributed by atoms with E-state index in [-0.39, 0.29) is 12.1 Å². The Bertz CT molecular complexity index is 1150. The molecule has 1 N–H and O–H groups in total. The molecule has 2 aromatic carbocycles. The fraction of sp³-hybridized carbons (Fsp3) is 0.464. The Hall–Kier alpha value is -3.55. The summed E-state index contributed by atoms with van der Waals surface area (Å²) < 4.78 is 11.5. The first-order valence-corrected chi connectivity index (χ1v) is 12.6. The Morgan fingerprint density at radius 3 is 2.56 bits per heavy atom. The minimum atomic E-state index is -0.153. The molecule has 2 aliphatic heterocycles. The molecule has 2 aliphatic rings. The van der Waals surface area contributed by atoms with Crippen LogP contribution in [0.5, 0.6) is 11.5 Å². The lowest BCUT2D eigenvalue weighted by atomic mass is 9.93. The highest BCUT2D eigenvalue weighted by atomic mass is 16.5. The third-order valence-corrected chi connectivity index (χ3v) is 6.91. The van der Waals surface area contributed by atoms with E-state index in [1.807, 2.05) is 17.9 Å². The standard InChI is InChI=1S/C28H36N4O4/c1-6-36-25-14-21-8-7-10-31-23(22(21)15-24(25)35-5)16-26(32(28(31)34)11-9-29-17-33)30-27-19(3)12-18(2)13-20(27)4/h12-15,17,23H,6-11,16H2,1-5H3,(H,29,33). The van der Waals surface area contributed by atoms with Gasteiger partial charge in [-0.15, -0.1) is 0 Å². The van der Waals surface area contributed by atoms with Gasteiger partial charge in [0.1, 0.15) is 5.84 Å². The molecule has 2 heterocycles. The van der Waals surface area contributed by atoms with Crippen molar-refractivity contribution in [3.63, 3.8) is 0 Å². The number of methoxy groups -OCH3 is 1. The monoisotopic (exact) mass is 492 g/mol. The molecule has 192 valence electrons. The van der Waals surface area contributed by atoms with E-state index in [2.05, 4.69) is 44.3 Å². The van der Waals surface area contributed by atoms with E-state index >= 15 is 0 Å². The quantitative estimate of drug-likeness (QED) is 0.431. The van der Waals surface area contributed by atoms with Gasteiger partial charge in [-0.2, -0.15) is 0 Å². The Kier molecular flexibility index (Phi) is 7.82. The molecule has 1 unspecified atom stereocenters. The fourth-order valence-electron chi connectivity index (χ4n) is 5.38. The van der Waals surface area contributed by atoms with E-state index < -0.39 is 0 Å². The normalized spacial score (nSPS) is 18.4. The highest BCUT2D eigenvalue weighted by Crippen LogP contribution is 2.42. The number of hydrogen-bond acceptors (Lipinski definition) is 5. The van der Waals surface area contributed by atoms with Gasteiger partial charge < -0.3 is 19.7 Å². The Labute approximate surface area is 213 Å². The van der Waals surface area contributed by atoms with Gasteiger partial charge in [0.2, 0.25) is 6.41 Å². The largest absolute Gasteiger partial charge is 0.493 e. The van der Waals surface area contributed by atoms with E-state index in [1.165, 1.54) is 11.1 Å². The maximum Gasteiger partial charge on any atom is 0.326 e. The molecule has 0 spiro atoms. The molecule has 8 nitrogen and oxygen atoms in total. The summed E-state index contributed by atoms with van der Waals surface area (Å²) >= 11 is 0. The lowest BCUT2D eigenvalue weighted by molar-refractivity contribution is -0.109. The predicted octanol–water partition coefficient (Wildman–Crippen LogP) is 4.61. The van der Waals surface area contributed by atoms with Crippen LogP contribution in [0.4, 0.5) is 10.5 Å². The molecule has 36 heavy (non-hydrogen) atoms. The maximum atomic E-state index is 13.9. The molecule has 0 bridgehead atoms. The summed E-state index contributed by atoms with van der Waals surface area (Å²) in [6.45, 7) is 10.1. The number of ether oxygens (including phenoxy) is 2. The van der Waals surface area contributed by atoms with Crippen LogP contribution in [0.1, 0.15) is 53.6 Å². The molecule has 0 saturated carbocycles. The minimum absolute atomic E-state index is 0.0826. The average molecular weight is 493 g/mol. The predicted molar refractivity (Wildman–Crippen MR) is 140 cm³/mol. The molecular weight excluding hydrogens is 456 g/mol. The van der Waals surface area contributed by atoms with E-state index in [0.29, 0.717) is 50.7 Å². The number of amidine groups is 1. The van der Waals surface area contributed by atoms with Crippen molar-refractivity contribution in [3.8, 4) is 11.5 Å². The van der Waals surface area contributed by atoms with Gasteiger partial charge in [-0.1, -0.05) is 17.7 Å². The maximum absolute atomic E-state index is 13.9. The highest BCUT2D eigenvalue weighted by molar-refractivity contribution is 6.02. The lowest BCUT2D eigenvalue weighted by Crippen LogP contribution is -2.54. The molecule has 0 aliphatic carbocycles. The topological polar surface area (TPSA) is 83.5 Å². The Balaban J connectivity index is 1.81. The van der Waals surface area contributed by atoms with Crippen molar-refractivity contribution in [2.75, 3.05) is 33.4 Å². The van der Waals surface area contributed by atoms with E-state index in [1.54, 1.807) is 12.0 Å². The number of amides is 3. The number of nitrogens with zero attached hydrogens (tertiary/aromatic N) is 3. The average Bonchev–Trinajstić information content (AvgIpc) is 3.02. The van der Waals surface area contributed by atoms with Crippen LogP contribution in [0.25, 0.3) is 0 Å². The van der Waals surface area contributed by atoms with Gasteiger partial charge in [0.15, 0.2) is 11.5 Å². The first-order valence-electron chi connectivity index (χ1n) is 12.6. The summed E-state index contributed by atoms with van der Waals surface area (Å²) in [5.74, 6) is 2.12. The van der Waals surface area contributed by atoms with Crippen molar-refractivity contribution in [2.45, 2.75) is 53.0 Å². The Morgan fingerprint density at radius 2 is 1.89 bits per heavy atom. The number of carbonyl (C=O) groups excluding carboxylic acids is 2. The molecule has 2 aromatic rings. The zero-order chi connectivity index (χ0) is 25.8. The zero-order valence-electron chi connectivity index (χ0n) is 21.9. The van der Waals surface area contributed by atoms with Crippen LogP contribution in [0.3, 0.4) is 0 Å². The Morgan fingerprint density at radius 1 is 1.14 bits per heavy atom. The van der Waals surface area contributed by atoms with Gasteiger partial charge in [-0.05, 0) is 74.9 Å². The first-order chi connectivity index (χ1) is 17.4. The number of hydrogen-bond donors (Lipinski definition) is 1. The summed E-state index contributed by atoms with van der Waals surface area (Å²) in [5, 5.41) is 2.69. The highest BCUT2D eigenvalue weighted by Gasteiger charge is 2.40. The summed E-state index contributed by atoms with van der Waals surface area (Å²) in [5.41, 5.74) is 6.48. The number of carbonyl (C=O) groups is 2.